The van der Waals surface area contributed by atoms with Crippen molar-refractivity contribution in [3.8, 4) is 0 Å². The number of hydrogen-bond acceptors (Lipinski definition) is 2. The highest BCUT2D eigenvalue weighted by molar-refractivity contribution is 5.89. The van der Waals surface area contributed by atoms with Gasteiger partial charge < -0.3 is 10.2 Å². The Morgan fingerprint density at radius 1 is 0.963 bits per heavy atom. The van der Waals surface area contributed by atoms with Crippen LogP contribution in [0.2, 0.25) is 0 Å². The Balaban J connectivity index is 1.49. The number of rotatable bonds is 3. The molecule has 0 atom stereocenters. The van der Waals surface area contributed by atoms with Crippen LogP contribution in [0.5, 0.6) is 0 Å². The van der Waals surface area contributed by atoms with E-state index in [2.05, 4.69) is 41.4 Å². The summed E-state index contributed by atoms with van der Waals surface area (Å²) in [4.78, 5) is 16.3. The van der Waals surface area contributed by atoms with Crippen LogP contribution < -0.4 is 5.32 Å². The van der Waals surface area contributed by atoms with Gasteiger partial charge in [-0.05, 0) is 36.8 Å². The van der Waals surface area contributed by atoms with Crippen LogP contribution in [0.1, 0.15) is 16.7 Å². The standard InChI is InChI=1S/C20H22F3N3O/c1-15-2-4-16(5-3-15)14-25-10-12-26(13-11-25)19(27)24-18-8-6-17(7-9-18)20(21,22)23/h2-9H,10-14H2,1H3,(H,24,27). The van der Waals surface area contributed by atoms with E-state index in [1.165, 1.54) is 23.3 Å². The van der Waals surface area contributed by atoms with Crippen LogP contribution >= 0.6 is 0 Å². The Kier molecular flexibility index (Phi) is 5.70. The number of benzene rings is 2. The minimum atomic E-state index is -4.38. The summed E-state index contributed by atoms with van der Waals surface area (Å²) < 4.78 is 37.8. The lowest BCUT2D eigenvalue weighted by atomic mass is 10.1. The minimum absolute atomic E-state index is 0.287. The molecule has 1 fully saturated rings. The summed E-state index contributed by atoms with van der Waals surface area (Å²) >= 11 is 0. The molecule has 7 heteroatoms. The molecule has 2 aromatic rings. The van der Waals surface area contributed by atoms with Crippen LogP contribution in [-0.2, 0) is 12.7 Å². The number of amides is 2. The Morgan fingerprint density at radius 3 is 2.11 bits per heavy atom. The van der Waals surface area contributed by atoms with Gasteiger partial charge in [-0.3, -0.25) is 4.90 Å². The molecule has 144 valence electrons. The van der Waals surface area contributed by atoms with Crippen LogP contribution in [0.15, 0.2) is 48.5 Å². The van der Waals surface area contributed by atoms with Gasteiger partial charge in [-0.15, -0.1) is 0 Å². The summed E-state index contributed by atoms with van der Waals surface area (Å²) in [6.07, 6.45) is -4.38. The lowest BCUT2D eigenvalue weighted by Crippen LogP contribution is -2.49. The van der Waals surface area contributed by atoms with Gasteiger partial charge in [0, 0.05) is 38.4 Å². The number of urea groups is 1. The SMILES string of the molecule is Cc1ccc(CN2CCN(C(=O)Nc3ccc(C(F)(F)F)cc3)CC2)cc1. The third-order valence-corrected chi connectivity index (χ3v) is 4.65. The molecule has 1 saturated heterocycles. The second kappa shape index (κ2) is 8.00. The van der Waals surface area contributed by atoms with E-state index >= 15 is 0 Å². The Bertz CT molecular complexity index is 765. The third-order valence-electron chi connectivity index (χ3n) is 4.65. The lowest BCUT2D eigenvalue weighted by molar-refractivity contribution is -0.137. The first-order valence-electron chi connectivity index (χ1n) is 8.82. The number of nitrogens with zero attached hydrogens (tertiary/aromatic N) is 2. The van der Waals surface area contributed by atoms with Gasteiger partial charge >= 0.3 is 12.2 Å². The van der Waals surface area contributed by atoms with E-state index in [1.54, 1.807) is 4.90 Å². The summed E-state index contributed by atoms with van der Waals surface area (Å²) in [7, 11) is 0. The first kappa shape index (κ1) is 19.2. The van der Waals surface area contributed by atoms with E-state index in [1.807, 2.05) is 0 Å². The Hall–Kier alpha value is -2.54. The molecular weight excluding hydrogens is 355 g/mol. The van der Waals surface area contributed by atoms with Gasteiger partial charge in [0.25, 0.3) is 0 Å². The molecule has 2 aromatic carbocycles. The predicted molar refractivity (Wildman–Crippen MR) is 98.5 cm³/mol. The van der Waals surface area contributed by atoms with Gasteiger partial charge in [-0.1, -0.05) is 29.8 Å². The van der Waals surface area contributed by atoms with Crippen molar-refractivity contribution >= 4 is 11.7 Å². The van der Waals surface area contributed by atoms with Crippen LogP contribution in [0.3, 0.4) is 0 Å². The van der Waals surface area contributed by atoms with Crippen molar-refractivity contribution in [1.29, 1.82) is 0 Å². The maximum absolute atomic E-state index is 12.6. The average molecular weight is 377 g/mol. The van der Waals surface area contributed by atoms with E-state index in [0.29, 0.717) is 18.8 Å². The number of hydrogen-bond donors (Lipinski definition) is 1. The van der Waals surface area contributed by atoms with Crippen LogP contribution in [-0.4, -0.2) is 42.0 Å². The summed E-state index contributed by atoms with van der Waals surface area (Å²) in [5.74, 6) is 0. The fraction of sp³-hybridized carbons (Fsp3) is 0.350. The summed E-state index contributed by atoms with van der Waals surface area (Å²) in [6.45, 7) is 5.58. The number of anilines is 1. The van der Waals surface area contributed by atoms with E-state index in [4.69, 9.17) is 0 Å². The number of nitrogens with one attached hydrogen (secondary N) is 1. The monoisotopic (exact) mass is 377 g/mol. The number of aryl methyl sites for hydroxylation is 1. The van der Waals surface area contributed by atoms with Gasteiger partial charge in [0.2, 0.25) is 0 Å². The molecule has 0 spiro atoms. The van der Waals surface area contributed by atoms with Crippen molar-refractivity contribution in [3.63, 3.8) is 0 Å². The summed E-state index contributed by atoms with van der Waals surface area (Å²) in [5.41, 5.74) is 2.09. The molecule has 0 aromatic heterocycles. The molecule has 0 bridgehead atoms. The third kappa shape index (κ3) is 5.23. The highest BCUT2D eigenvalue weighted by Crippen LogP contribution is 2.29. The Labute approximate surface area is 156 Å². The van der Waals surface area contributed by atoms with E-state index in [-0.39, 0.29) is 6.03 Å². The largest absolute Gasteiger partial charge is 0.416 e. The van der Waals surface area contributed by atoms with Crippen LogP contribution in [0.25, 0.3) is 0 Å². The fourth-order valence-electron chi connectivity index (χ4n) is 3.01. The van der Waals surface area contributed by atoms with Crippen molar-refractivity contribution in [2.45, 2.75) is 19.6 Å². The number of carbonyl (C=O) groups excluding carboxylic acids is 1. The molecule has 0 unspecified atom stereocenters. The molecule has 1 heterocycles. The number of piperazine rings is 1. The molecule has 4 nitrogen and oxygen atoms in total. The molecule has 0 aliphatic carbocycles. The lowest BCUT2D eigenvalue weighted by Gasteiger charge is -2.34. The summed E-state index contributed by atoms with van der Waals surface area (Å²) in [6, 6.07) is 12.6. The number of alkyl halides is 3. The number of carbonyl (C=O) groups is 1. The van der Waals surface area contributed by atoms with E-state index in [9.17, 15) is 18.0 Å². The van der Waals surface area contributed by atoms with Crippen molar-refractivity contribution in [2.75, 3.05) is 31.5 Å². The van der Waals surface area contributed by atoms with Gasteiger partial charge in [0.05, 0.1) is 5.56 Å². The predicted octanol–water partition coefficient (Wildman–Crippen LogP) is 4.36. The van der Waals surface area contributed by atoms with Crippen molar-refractivity contribution in [2.24, 2.45) is 0 Å². The minimum Gasteiger partial charge on any atom is -0.322 e. The van der Waals surface area contributed by atoms with E-state index < -0.39 is 11.7 Å². The maximum atomic E-state index is 12.6. The van der Waals surface area contributed by atoms with Crippen molar-refractivity contribution < 1.29 is 18.0 Å². The van der Waals surface area contributed by atoms with Gasteiger partial charge in [-0.25, -0.2) is 4.79 Å². The molecule has 2 amide bonds. The summed E-state index contributed by atoms with van der Waals surface area (Å²) in [5, 5.41) is 2.66. The normalized spacial score (nSPS) is 15.6. The molecule has 0 saturated carbocycles. The van der Waals surface area contributed by atoms with Crippen molar-refractivity contribution in [3.05, 3.63) is 65.2 Å². The molecule has 1 aliphatic heterocycles. The molecule has 1 N–H and O–H groups in total. The second-order valence-corrected chi connectivity index (χ2v) is 6.75. The zero-order valence-electron chi connectivity index (χ0n) is 15.1. The molecule has 0 radical (unpaired) electrons. The smallest absolute Gasteiger partial charge is 0.322 e. The quantitative estimate of drug-likeness (QED) is 0.863. The topological polar surface area (TPSA) is 35.6 Å². The molecular formula is C20H22F3N3O. The molecule has 1 aliphatic rings. The van der Waals surface area contributed by atoms with Gasteiger partial charge in [0.15, 0.2) is 0 Å². The highest BCUT2D eigenvalue weighted by Gasteiger charge is 2.30. The molecule has 27 heavy (non-hydrogen) atoms. The Morgan fingerprint density at radius 2 is 1.56 bits per heavy atom. The van der Waals surface area contributed by atoms with E-state index in [0.717, 1.165) is 31.8 Å². The maximum Gasteiger partial charge on any atom is 0.416 e. The highest BCUT2D eigenvalue weighted by atomic mass is 19.4. The van der Waals surface area contributed by atoms with Crippen molar-refractivity contribution in [1.82, 2.24) is 9.80 Å². The molecule has 3 rings (SSSR count). The fourth-order valence-corrected chi connectivity index (χ4v) is 3.01. The zero-order chi connectivity index (χ0) is 19.4. The first-order chi connectivity index (χ1) is 12.8. The van der Waals surface area contributed by atoms with Gasteiger partial charge in [0.1, 0.15) is 0 Å². The van der Waals surface area contributed by atoms with Crippen LogP contribution in [0, 0.1) is 6.92 Å². The first-order valence-corrected chi connectivity index (χ1v) is 8.82. The van der Waals surface area contributed by atoms with Gasteiger partial charge in [-0.2, -0.15) is 13.2 Å². The number of halogens is 3. The second-order valence-electron chi connectivity index (χ2n) is 6.75. The van der Waals surface area contributed by atoms with Crippen LogP contribution in [0.4, 0.5) is 23.7 Å². The average Bonchev–Trinajstić information content (AvgIpc) is 2.64. The zero-order valence-corrected chi connectivity index (χ0v) is 15.1.